The fourth-order valence-electron chi connectivity index (χ4n) is 3.39. The van der Waals surface area contributed by atoms with E-state index in [0.717, 1.165) is 32.3 Å². The van der Waals surface area contributed by atoms with E-state index in [1.54, 1.807) is 23.3 Å². The van der Waals surface area contributed by atoms with Gasteiger partial charge in [-0.2, -0.15) is 0 Å². The van der Waals surface area contributed by atoms with Crippen molar-refractivity contribution in [3.05, 3.63) is 53.0 Å². The number of fused-ring (bicyclic) bond motifs is 2. The monoisotopic (exact) mass is 411 g/mol. The number of carbonyl (C=O) groups is 1. The lowest BCUT2D eigenvalue weighted by Gasteiger charge is -2.27. The summed E-state index contributed by atoms with van der Waals surface area (Å²) in [5.41, 5.74) is 1.98. The molecule has 29 heavy (non-hydrogen) atoms. The molecule has 2 amide bonds. The molecule has 0 unspecified atom stereocenters. The number of rotatable bonds is 5. The van der Waals surface area contributed by atoms with Gasteiger partial charge in [0.05, 0.1) is 22.8 Å². The standard InChI is InChI=1S/C22H25N3O3S/c1-14(2)21(15-8-9-17-18(12-15)28-11-10-27-17)24-22(26)25(3)13-20-23-16-6-4-5-7-19(16)29-20/h4-9,12,14,21H,10-11,13H2,1-3H3,(H,24,26)/t21-/m0/s1. The van der Waals surface area contributed by atoms with Gasteiger partial charge in [0.2, 0.25) is 0 Å². The number of urea groups is 1. The maximum Gasteiger partial charge on any atom is 0.318 e. The maximum atomic E-state index is 12.9. The first-order chi connectivity index (χ1) is 14.0. The van der Waals surface area contributed by atoms with Gasteiger partial charge in [-0.05, 0) is 35.7 Å². The summed E-state index contributed by atoms with van der Waals surface area (Å²) in [7, 11) is 1.79. The summed E-state index contributed by atoms with van der Waals surface area (Å²) in [5, 5.41) is 4.08. The van der Waals surface area contributed by atoms with Crippen LogP contribution in [0, 0.1) is 5.92 Å². The van der Waals surface area contributed by atoms with Gasteiger partial charge in [-0.3, -0.25) is 0 Å². The van der Waals surface area contributed by atoms with Crippen LogP contribution in [0.1, 0.15) is 30.5 Å². The molecule has 6 nitrogen and oxygen atoms in total. The lowest BCUT2D eigenvalue weighted by atomic mass is 9.95. The van der Waals surface area contributed by atoms with Crippen LogP contribution in [-0.2, 0) is 6.54 Å². The number of ether oxygens (including phenoxy) is 2. The molecule has 3 aromatic rings. The summed E-state index contributed by atoms with van der Waals surface area (Å²) in [5.74, 6) is 1.70. The molecular weight excluding hydrogens is 386 g/mol. The number of carbonyl (C=O) groups excluding carboxylic acids is 1. The molecule has 1 aliphatic heterocycles. The number of hydrogen-bond donors (Lipinski definition) is 1. The second kappa shape index (κ2) is 8.29. The Bertz CT molecular complexity index is 984. The number of hydrogen-bond acceptors (Lipinski definition) is 5. The summed E-state index contributed by atoms with van der Waals surface area (Å²) in [4.78, 5) is 19.2. The molecule has 2 heterocycles. The van der Waals surface area contributed by atoms with Gasteiger partial charge in [0.1, 0.15) is 18.2 Å². The first-order valence-corrected chi connectivity index (χ1v) is 10.6. The van der Waals surface area contributed by atoms with Gasteiger partial charge in [0, 0.05) is 7.05 Å². The van der Waals surface area contributed by atoms with Crippen LogP contribution in [0.25, 0.3) is 10.2 Å². The molecular formula is C22H25N3O3S. The molecule has 0 saturated carbocycles. The highest BCUT2D eigenvalue weighted by atomic mass is 32.1. The minimum atomic E-state index is -0.129. The summed E-state index contributed by atoms with van der Waals surface area (Å²) in [6.07, 6.45) is 0. The van der Waals surface area contributed by atoms with Gasteiger partial charge in [0.25, 0.3) is 0 Å². The Morgan fingerprint density at radius 3 is 2.69 bits per heavy atom. The lowest BCUT2D eigenvalue weighted by molar-refractivity contribution is 0.171. The van der Waals surface area contributed by atoms with Gasteiger partial charge in [-0.15, -0.1) is 11.3 Å². The maximum absolute atomic E-state index is 12.9. The highest BCUT2D eigenvalue weighted by Crippen LogP contribution is 2.34. The Labute approximate surface area is 174 Å². The Morgan fingerprint density at radius 1 is 1.17 bits per heavy atom. The van der Waals surface area contributed by atoms with E-state index in [-0.39, 0.29) is 18.0 Å². The Morgan fingerprint density at radius 2 is 1.93 bits per heavy atom. The van der Waals surface area contributed by atoms with Crippen molar-refractivity contribution < 1.29 is 14.3 Å². The van der Waals surface area contributed by atoms with E-state index in [4.69, 9.17) is 9.47 Å². The number of benzene rings is 2. The van der Waals surface area contributed by atoms with Crippen molar-refractivity contribution in [2.24, 2.45) is 5.92 Å². The fraction of sp³-hybridized carbons (Fsp3) is 0.364. The molecule has 1 aromatic heterocycles. The summed E-state index contributed by atoms with van der Waals surface area (Å²) >= 11 is 1.62. The highest BCUT2D eigenvalue weighted by molar-refractivity contribution is 7.18. The van der Waals surface area contributed by atoms with Crippen LogP contribution < -0.4 is 14.8 Å². The van der Waals surface area contributed by atoms with Crippen LogP contribution in [-0.4, -0.2) is 36.2 Å². The largest absolute Gasteiger partial charge is 0.486 e. The van der Waals surface area contributed by atoms with Crippen molar-refractivity contribution in [1.29, 1.82) is 0 Å². The molecule has 0 bridgehead atoms. The predicted molar refractivity (Wildman–Crippen MR) is 115 cm³/mol. The van der Waals surface area contributed by atoms with Gasteiger partial charge < -0.3 is 19.7 Å². The van der Waals surface area contributed by atoms with Crippen LogP contribution in [0.2, 0.25) is 0 Å². The smallest absolute Gasteiger partial charge is 0.318 e. The van der Waals surface area contributed by atoms with Gasteiger partial charge >= 0.3 is 6.03 Å². The normalized spacial score (nSPS) is 14.1. The Balaban J connectivity index is 1.46. The van der Waals surface area contributed by atoms with Crippen molar-refractivity contribution in [2.75, 3.05) is 20.3 Å². The quantitative estimate of drug-likeness (QED) is 0.666. The first-order valence-electron chi connectivity index (χ1n) is 9.77. The fourth-order valence-corrected chi connectivity index (χ4v) is 4.41. The molecule has 1 N–H and O–H groups in total. The first kappa shape index (κ1) is 19.5. The zero-order valence-corrected chi connectivity index (χ0v) is 17.7. The number of nitrogens with zero attached hydrogens (tertiary/aromatic N) is 2. The van der Waals surface area contributed by atoms with Gasteiger partial charge in [-0.1, -0.05) is 32.0 Å². The second-order valence-electron chi connectivity index (χ2n) is 7.51. The SMILES string of the molecule is CC(C)[C@H](NC(=O)N(C)Cc1nc2ccccc2s1)c1ccc2c(c1)OCCO2. The van der Waals surface area contributed by atoms with Crippen molar-refractivity contribution in [1.82, 2.24) is 15.2 Å². The third-order valence-electron chi connectivity index (χ3n) is 4.93. The topological polar surface area (TPSA) is 63.7 Å². The molecule has 1 atom stereocenters. The highest BCUT2D eigenvalue weighted by Gasteiger charge is 2.23. The minimum Gasteiger partial charge on any atom is -0.486 e. The number of amides is 2. The average molecular weight is 412 g/mol. The molecule has 0 aliphatic carbocycles. The van der Waals surface area contributed by atoms with Crippen LogP contribution in [0.4, 0.5) is 4.79 Å². The molecule has 0 saturated heterocycles. The molecule has 2 aromatic carbocycles. The van der Waals surface area contributed by atoms with Gasteiger partial charge in [0.15, 0.2) is 11.5 Å². The van der Waals surface area contributed by atoms with Crippen molar-refractivity contribution in [3.8, 4) is 11.5 Å². The zero-order valence-electron chi connectivity index (χ0n) is 16.8. The van der Waals surface area contributed by atoms with Crippen molar-refractivity contribution >= 4 is 27.6 Å². The lowest BCUT2D eigenvalue weighted by Crippen LogP contribution is -2.40. The summed E-state index contributed by atoms with van der Waals surface area (Å²) < 4.78 is 12.4. The number of aromatic nitrogens is 1. The van der Waals surface area contributed by atoms with E-state index >= 15 is 0 Å². The second-order valence-corrected chi connectivity index (χ2v) is 8.62. The van der Waals surface area contributed by atoms with Gasteiger partial charge in [-0.25, -0.2) is 9.78 Å². The van der Waals surface area contributed by atoms with E-state index < -0.39 is 0 Å². The third kappa shape index (κ3) is 4.29. The van der Waals surface area contributed by atoms with E-state index in [1.807, 2.05) is 42.5 Å². The Hall–Kier alpha value is -2.80. The number of para-hydroxylation sites is 1. The number of nitrogens with one attached hydrogen (secondary N) is 1. The molecule has 7 heteroatoms. The van der Waals surface area contributed by atoms with E-state index in [0.29, 0.717) is 19.8 Å². The van der Waals surface area contributed by atoms with Crippen molar-refractivity contribution in [3.63, 3.8) is 0 Å². The third-order valence-corrected chi connectivity index (χ3v) is 5.95. The van der Waals surface area contributed by atoms with Crippen molar-refractivity contribution in [2.45, 2.75) is 26.4 Å². The Kier molecular flexibility index (Phi) is 5.58. The molecule has 1 aliphatic rings. The molecule has 152 valence electrons. The summed E-state index contributed by atoms with van der Waals surface area (Å²) in [6, 6.07) is 13.6. The van der Waals surface area contributed by atoms with Crippen LogP contribution in [0.5, 0.6) is 11.5 Å². The zero-order chi connectivity index (χ0) is 20.4. The van der Waals surface area contributed by atoms with Crippen LogP contribution in [0.15, 0.2) is 42.5 Å². The van der Waals surface area contributed by atoms with E-state index in [1.165, 1.54) is 0 Å². The molecule has 4 rings (SSSR count). The van der Waals surface area contributed by atoms with Crippen LogP contribution in [0.3, 0.4) is 0 Å². The van der Waals surface area contributed by atoms with E-state index in [9.17, 15) is 4.79 Å². The van der Waals surface area contributed by atoms with E-state index in [2.05, 4.69) is 24.1 Å². The molecule has 0 fully saturated rings. The number of thiazole rings is 1. The minimum absolute atomic E-state index is 0.127. The summed E-state index contributed by atoms with van der Waals surface area (Å²) in [6.45, 7) is 5.76. The average Bonchev–Trinajstić information content (AvgIpc) is 3.13. The van der Waals surface area contributed by atoms with Crippen LogP contribution >= 0.6 is 11.3 Å². The predicted octanol–water partition coefficient (Wildman–Crippen LogP) is 4.61. The molecule has 0 spiro atoms. The molecule has 0 radical (unpaired) electrons.